The van der Waals surface area contributed by atoms with Crippen molar-refractivity contribution < 1.29 is 14.7 Å². The average molecular weight is 336 g/mol. The molecule has 0 unspecified atom stereocenters. The summed E-state index contributed by atoms with van der Waals surface area (Å²) in [4.78, 5) is 23.4. The third-order valence-electron chi connectivity index (χ3n) is 3.87. The molecule has 124 valence electrons. The van der Waals surface area contributed by atoms with Gasteiger partial charge in [-0.3, -0.25) is 9.36 Å². The number of pyridine rings is 1. The number of hydrogen-bond acceptors (Lipinski definition) is 5. The van der Waals surface area contributed by atoms with Crippen LogP contribution >= 0.6 is 0 Å². The highest BCUT2D eigenvalue weighted by Crippen LogP contribution is 2.32. The van der Waals surface area contributed by atoms with E-state index in [1.807, 2.05) is 6.07 Å². The summed E-state index contributed by atoms with van der Waals surface area (Å²) in [6, 6.07) is 13.2. The lowest BCUT2D eigenvalue weighted by Gasteiger charge is -2.14. The molecule has 0 atom stereocenters. The summed E-state index contributed by atoms with van der Waals surface area (Å²) in [6.07, 6.45) is 0. The van der Waals surface area contributed by atoms with Crippen molar-refractivity contribution in [3.8, 4) is 23.3 Å². The minimum atomic E-state index is -0.454. The zero-order valence-electron chi connectivity index (χ0n) is 13.6. The molecule has 0 bridgehead atoms. The SMILES string of the molecule is COc1cc2cc(C#N)c(=O)n(-c3ccc([NH+]=O)cc3)c2cc1OC. The summed E-state index contributed by atoms with van der Waals surface area (Å²) in [5.41, 5.74) is 1.01. The lowest BCUT2D eigenvalue weighted by Crippen LogP contribution is -2.55. The molecule has 0 saturated carbocycles. The van der Waals surface area contributed by atoms with Gasteiger partial charge in [-0.2, -0.15) is 5.26 Å². The largest absolute Gasteiger partial charge is 0.493 e. The van der Waals surface area contributed by atoms with Gasteiger partial charge in [0.15, 0.2) is 11.5 Å². The van der Waals surface area contributed by atoms with Gasteiger partial charge in [-0.15, -0.1) is 0 Å². The number of nitrogens with one attached hydrogen (secondary N) is 1. The maximum Gasteiger partial charge on any atom is 0.273 e. The molecular formula is C18H14N3O4+. The zero-order chi connectivity index (χ0) is 18.0. The number of methoxy groups -OCH3 is 2. The Morgan fingerprint density at radius 3 is 2.24 bits per heavy atom. The van der Waals surface area contributed by atoms with E-state index in [1.165, 1.54) is 24.9 Å². The first kappa shape index (κ1) is 16.2. The van der Waals surface area contributed by atoms with Crippen LogP contribution in [0, 0.1) is 16.2 Å². The van der Waals surface area contributed by atoms with E-state index < -0.39 is 5.56 Å². The second kappa shape index (κ2) is 6.45. The Bertz CT molecular complexity index is 1060. The van der Waals surface area contributed by atoms with Crippen LogP contribution in [-0.4, -0.2) is 18.8 Å². The van der Waals surface area contributed by atoms with Crippen LogP contribution in [-0.2, 0) is 0 Å². The normalized spacial score (nSPS) is 10.3. The highest BCUT2D eigenvalue weighted by atomic mass is 16.5. The standard InChI is InChI=1S/C18H13N3O4/c1-24-16-8-11-7-12(10-19)18(22)21(15(11)9-17(16)25-2)14-5-3-13(20-23)4-6-14/h3-9H,1-2H3/p+1. The second-order valence-corrected chi connectivity index (χ2v) is 5.23. The van der Waals surface area contributed by atoms with E-state index in [9.17, 15) is 15.0 Å². The summed E-state index contributed by atoms with van der Waals surface area (Å²) in [5, 5.41) is 11.7. The smallest absolute Gasteiger partial charge is 0.273 e. The number of nitrogens with zero attached hydrogens (tertiary/aromatic N) is 2. The highest BCUT2D eigenvalue weighted by molar-refractivity contribution is 5.85. The zero-order valence-corrected chi connectivity index (χ0v) is 13.6. The highest BCUT2D eigenvalue weighted by Gasteiger charge is 2.15. The maximum atomic E-state index is 12.7. The molecule has 1 N–H and O–H groups in total. The van der Waals surface area contributed by atoms with Crippen molar-refractivity contribution in [2.75, 3.05) is 14.2 Å². The molecule has 2 aromatic carbocycles. The second-order valence-electron chi connectivity index (χ2n) is 5.23. The van der Waals surface area contributed by atoms with Crippen molar-refractivity contribution in [3.05, 3.63) is 63.3 Å². The molecule has 7 nitrogen and oxygen atoms in total. The van der Waals surface area contributed by atoms with Gasteiger partial charge >= 0.3 is 0 Å². The Morgan fingerprint density at radius 2 is 1.68 bits per heavy atom. The van der Waals surface area contributed by atoms with Gasteiger partial charge in [0, 0.05) is 39.4 Å². The molecule has 0 aliphatic heterocycles. The summed E-state index contributed by atoms with van der Waals surface area (Å²) in [7, 11) is 3.02. The van der Waals surface area contributed by atoms with Gasteiger partial charge in [0.2, 0.25) is 0 Å². The summed E-state index contributed by atoms with van der Waals surface area (Å²) < 4.78 is 12.0. The molecule has 0 spiro atoms. The monoisotopic (exact) mass is 336 g/mol. The van der Waals surface area contributed by atoms with Gasteiger partial charge in [0.1, 0.15) is 11.6 Å². The molecule has 7 heteroatoms. The number of aromatic nitrogens is 1. The van der Waals surface area contributed by atoms with Gasteiger partial charge in [0.25, 0.3) is 11.2 Å². The predicted molar refractivity (Wildman–Crippen MR) is 91.4 cm³/mol. The van der Waals surface area contributed by atoms with Gasteiger partial charge in [-0.05, 0) is 24.3 Å². The Balaban J connectivity index is 2.41. The summed E-state index contributed by atoms with van der Waals surface area (Å²) >= 11 is 0. The van der Waals surface area contributed by atoms with Gasteiger partial charge in [-0.25, -0.2) is 0 Å². The van der Waals surface area contributed by atoms with Crippen LogP contribution in [0.3, 0.4) is 0 Å². The molecule has 1 heterocycles. The predicted octanol–water partition coefficient (Wildman–Crippen LogP) is 1.36. The third kappa shape index (κ3) is 2.70. The van der Waals surface area contributed by atoms with E-state index in [4.69, 9.17) is 9.47 Å². The third-order valence-corrected chi connectivity index (χ3v) is 3.87. The van der Waals surface area contributed by atoms with Crippen LogP contribution in [0.15, 0.2) is 47.3 Å². The van der Waals surface area contributed by atoms with E-state index in [0.29, 0.717) is 33.8 Å². The van der Waals surface area contributed by atoms with Crippen LogP contribution in [0.2, 0.25) is 0 Å². The van der Waals surface area contributed by atoms with Crippen LogP contribution in [0.25, 0.3) is 16.6 Å². The maximum absolute atomic E-state index is 12.7. The molecule has 0 aliphatic rings. The number of fused-ring (bicyclic) bond motifs is 1. The molecular weight excluding hydrogens is 322 g/mol. The van der Waals surface area contributed by atoms with Gasteiger partial charge in [0.05, 0.1) is 19.7 Å². The van der Waals surface area contributed by atoms with Crippen molar-refractivity contribution in [3.63, 3.8) is 0 Å². The van der Waals surface area contributed by atoms with Crippen molar-refractivity contribution in [1.29, 1.82) is 5.26 Å². The van der Waals surface area contributed by atoms with E-state index in [-0.39, 0.29) is 5.56 Å². The van der Waals surface area contributed by atoms with E-state index in [0.717, 1.165) is 0 Å². The lowest BCUT2D eigenvalue weighted by atomic mass is 10.1. The van der Waals surface area contributed by atoms with E-state index >= 15 is 0 Å². The van der Waals surface area contributed by atoms with E-state index in [1.54, 1.807) is 41.6 Å². The fraction of sp³-hybridized carbons (Fsp3) is 0.111. The number of benzene rings is 2. The first-order valence-corrected chi connectivity index (χ1v) is 7.33. The van der Waals surface area contributed by atoms with E-state index in [2.05, 4.69) is 0 Å². The average Bonchev–Trinajstić information content (AvgIpc) is 2.66. The Kier molecular flexibility index (Phi) is 4.18. The lowest BCUT2D eigenvalue weighted by molar-refractivity contribution is -0.379. The fourth-order valence-electron chi connectivity index (χ4n) is 2.66. The topological polar surface area (TPSA) is 95.3 Å². The number of hydrogen-bond donors (Lipinski definition) is 1. The minimum absolute atomic E-state index is 0.00532. The molecule has 25 heavy (non-hydrogen) atoms. The Labute approximate surface area is 142 Å². The van der Waals surface area contributed by atoms with Crippen molar-refractivity contribution in [1.82, 2.24) is 4.57 Å². The van der Waals surface area contributed by atoms with Crippen LogP contribution in [0.5, 0.6) is 11.5 Å². The Hall–Kier alpha value is -3.66. The quantitative estimate of drug-likeness (QED) is 0.776. The summed E-state index contributed by atoms with van der Waals surface area (Å²) in [6.45, 7) is 0. The molecule has 0 radical (unpaired) electrons. The molecule has 1 aromatic heterocycles. The first-order chi connectivity index (χ1) is 12.1. The molecule has 3 aromatic rings. The van der Waals surface area contributed by atoms with Crippen molar-refractivity contribution in [2.45, 2.75) is 0 Å². The molecule has 0 fully saturated rings. The van der Waals surface area contributed by atoms with Gasteiger partial charge in [-0.1, -0.05) is 0 Å². The number of nitriles is 1. The number of ether oxygens (including phenoxy) is 2. The molecule has 0 saturated heterocycles. The van der Waals surface area contributed by atoms with Crippen LogP contribution in [0.4, 0.5) is 5.69 Å². The Morgan fingerprint density at radius 1 is 1.04 bits per heavy atom. The van der Waals surface area contributed by atoms with Gasteiger partial charge < -0.3 is 9.47 Å². The van der Waals surface area contributed by atoms with Crippen LogP contribution < -0.4 is 20.2 Å². The first-order valence-electron chi connectivity index (χ1n) is 7.33. The van der Waals surface area contributed by atoms with Crippen LogP contribution in [0.1, 0.15) is 5.56 Å². The fourth-order valence-corrected chi connectivity index (χ4v) is 2.66. The van der Waals surface area contributed by atoms with Crippen molar-refractivity contribution in [2.24, 2.45) is 0 Å². The minimum Gasteiger partial charge on any atom is -0.493 e. The molecule has 3 rings (SSSR count). The molecule has 0 amide bonds. The van der Waals surface area contributed by atoms with Crippen molar-refractivity contribution >= 4 is 16.6 Å². The number of nitroso groups, excluding NO2 is 1. The summed E-state index contributed by atoms with van der Waals surface area (Å²) in [5.74, 6) is 0.959. The number of rotatable bonds is 4. The molecule has 0 aliphatic carbocycles.